The predicted molar refractivity (Wildman–Crippen MR) is 75.2 cm³/mol. The van der Waals surface area contributed by atoms with E-state index in [0.29, 0.717) is 27.5 Å². The number of fused-ring (bicyclic) bond motifs is 1. The van der Waals surface area contributed by atoms with Gasteiger partial charge in [-0.05, 0) is 25.1 Å². The Labute approximate surface area is 119 Å². The minimum Gasteiger partial charge on any atom is -0.438 e. The van der Waals surface area contributed by atoms with Gasteiger partial charge in [-0.2, -0.15) is 4.98 Å². The normalized spacial score (nSPS) is 10.9. The maximum atomic E-state index is 5.96. The summed E-state index contributed by atoms with van der Waals surface area (Å²) in [7, 11) is 0. The van der Waals surface area contributed by atoms with Gasteiger partial charge in [0.25, 0.3) is 0 Å². The maximum absolute atomic E-state index is 5.96. The zero-order valence-corrected chi connectivity index (χ0v) is 11.5. The molecule has 6 heteroatoms. The Kier molecular flexibility index (Phi) is 3.05. The van der Waals surface area contributed by atoms with Crippen LogP contribution in [0.2, 0.25) is 10.0 Å². The molecule has 0 fully saturated rings. The number of aromatic amines is 1. The van der Waals surface area contributed by atoms with Crippen LogP contribution in [0.3, 0.4) is 0 Å². The molecule has 0 spiro atoms. The zero-order chi connectivity index (χ0) is 13.4. The lowest BCUT2D eigenvalue weighted by Gasteiger charge is -2.07. The van der Waals surface area contributed by atoms with Gasteiger partial charge in [0.1, 0.15) is 17.2 Å². The molecule has 96 valence electrons. The molecule has 1 N–H and O–H groups in total. The fourth-order valence-corrected chi connectivity index (χ4v) is 2.04. The fraction of sp³-hybridized carbons (Fsp3) is 0.0769. The van der Waals surface area contributed by atoms with Crippen molar-refractivity contribution in [2.24, 2.45) is 0 Å². The number of nitrogens with zero attached hydrogens (tertiary/aromatic N) is 2. The highest BCUT2D eigenvalue weighted by atomic mass is 35.5. The third-order valence-corrected chi connectivity index (χ3v) is 3.34. The molecule has 4 nitrogen and oxygen atoms in total. The van der Waals surface area contributed by atoms with Gasteiger partial charge in [-0.15, -0.1) is 0 Å². The predicted octanol–water partition coefficient (Wildman–Crippen LogP) is 4.37. The van der Waals surface area contributed by atoms with E-state index in [0.717, 1.165) is 11.0 Å². The molecule has 3 aromatic rings. The van der Waals surface area contributed by atoms with E-state index in [-0.39, 0.29) is 0 Å². The average Bonchev–Trinajstić information content (AvgIpc) is 2.82. The van der Waals surface area contributed by atoms with Gasteiger partial charge >= 0.3 is 0 Å². The topological polar surface area (TPSA) is 50.8 Å². The number of hydrogen-bond donors (Lipinski definition) is 1. The highest BCUT2D eigenvalue weighted by Gasteiger charge is 2.09. The summed E-state index contributed by atoms with van der Waals surface area (Å²) in [5, 5.41) is 1.74. The average molecular weight is 294 g/mol. The Bertz CT molecular complexity index is 755. The minimum absolute atomic E-state index is 0.440. The summed E-state index contributed by atoms with van der Waals surface area (Å²) in [5.74, 6) is 1.70. The number of ether oxygens (including phenoxy) is 1. The Morgan fingerprint density at radius 3 is 2.74 bits per heavy atom. The van der Waals surface area contributed by atoms with Crippen LogP contribution >= 0.6 is 23.2 Å². The lowest BCUT2D eigenvalue weighted by Crippen LogP contribution is -1.94. The number of hydrogen-bond acceptors (Lipinski definition) is 3. The van der Waals surface area contributed by atoms with Gasteiger partial charge in [0.05, 0.1) is 15.4 Å². The maximum Gasteiger partial charge on any atom is 0.232 e. The lowest BCUT2D eigenvalue weighted by molar-refractivity contribution is 0.467. The van der Waals surface area contributed by atoms with Crippen LogP contribution < -0.4 is 4.74 Å². The van der Waals surface area contributed by atoms with Gasteiger partial charge in [0, 0.05) is 12.3 Å². The standard InChI is InChI=1S/C13H9Cl2N3O/c1-7-17-12-9(4-5-16-12)13(18-7)19-8-2-3-10(14)11(15)6-8/h2-6H,1H3,(H,16,17,18). The molecular weight excluding hydrogens is 285 g/mol. The highest BCUT2D eigenvalue weighted by Crippen LogP contribution is 2.31. The summed E-state index contributed by atoms with van der Waals surface area (Å²) in [6.07, 6.45) is 1.79. The molecule has 0 aliphatic carbocycles. The molecule has 0 saturated carbocycles. The van der Waals surface area contributed by atoms with E-state index in [1.807, 2.05) is 13.0 Å². The zero-order valence-electron chi connectivity index (χ0n) is 9.95. The molecule has 19 heavy (non-hydrogen) atoms. The second-order valence-corrected chi connectivity index (χ2v) is 4.81. The second kappa shape index (κ2) is 4.72. The number of halogens is 2. The van der Waals surface area contributed by atoms with Crippen LogP contribution in [0, 0.1) is 6.92 Å². The van der Waals surface area contributed by atoms with Crippen LogP contribution in [0.5, 0.6) is 11.6 Å². The SMILES string of the molecule is Cc1nc(Oc2ccc(Cl)c(Cl)c2)c2cc[nH]c2n1. The van der Waals surface area contributed by atoms with Gasteiger partial charge in [-0.1, -0.05) is 23.2 Å². The van der Waals surface area contributed by atoms with E-state index in [1.165, 1.54) is 0 Å². The first-order chi connectivity index (χ1) is 9.13. The van der Waals surface area contributed by atoms with E-state index in [9.17, 15) is 0 Å². The van der Waals surface area contributed by atoms with Crippen molar-refractivity contribution in [2.45, 2.75) is 6.92 Å². The first kappa shape index (κ1) is 12.3. The lowest BCUT2D eigenvalue weighted by atomic mass is 10.3. The molecule has 0 aliphatic heterocycles. The monoisotopic (exact) mass is 293 g/mol. The van der Waals surface area contributed by atoms with Crippen LogP contribution in [0.25, 0.3) is 11.0 Å². The second-order valence-electron chi connectivity index (χ2n) is 3.99. The fourth-order valence-electron chi connectivity index (χ4n) is 1.75. The third-order valence-electron chi connectivity index (χ3n) is 2.60. The summed E-state index contributed by atoms with van der Waals surface area (Å²) < 4.78 is 5.75. The molecule has 0 atom stereocenters. The van der Waals surface area contributed by atoms with Crippen LogP contribution in [0.15, 0.2) is 30.5 Å². The van der Waals surface area contributed by atoms with Gasteiger partial charge in [0.2, 0.25) is 5.88 Å². The molecular formula is C13H9Cl2N3O. The number of benzene rings is 1. The van der Waals surface area contributed by atoms with E-state index in [4.69, 9.17) is 27.9 Å². The molecule has 0 saturated heterocycles. The summed E-state index contributed by atoms with van der Waals surface area (Å²) in [6, 6.07) is 6.94. The van der Waals surface area contributed by atoms with Gasteiger partial charge in [0.15, 0.2) is 0 Å². The summed E-state index contributed by atoms with van der Waals surface area (Å²) in [5.41, 5.74) is 0.738. The minimum atomic E-state index is 0.440. The van der Waals surface area contributed by atoms with Gasteiger partial charge < -0.3 is 9.72 Å². The molecule has 0 aliphatic rings. The quantitative estimate of drug-likeness (QED) is 0.763. The van der Waals surface area contributed by atoms with Crippen molar-refractivity contribution in [2.75, 3.05) is 0 Å². The van der Waals surface area contributed by atoms with Crippen molar-refractivity contribution < 1.29 is 4.74 Å². The molecule has 0 unspecified atom stereocenters. The summed E-state index contributed by atoms with van der Waals surface area (Å²) >= 11 is 11.8. The van der Waals surface area contributed by atoms with E-state index >= 15 is 0 Å². The van der Waals surface area contributed by atoms with Crippen LogP contribution in [0.4, 0.5) is 0 Å². The number of nitrogens with one attached hydrogen (secondary N) is 1. The molecule has 0 bridgehead atoms. The Morgan fingerprint density at radius 1 is 1.11 bits per heavy atom. The van der Waals surface area contributed by atoms with Crippen LogP contribution in [-0.2, 0) is 0 Å². The number of aryl methyl sites for hydroxylation is 1. The largest absolute Gasteiger partial charge is 0.438 e. The molecule has 0 radical (unpaired) electrons. The molecule has 3 rings (SSSR count). The van der Waals surface area contributed by atoms with E-state index in [2.05, 4.69) is 15.0 Å². The van der Waals surface area contributed by atoms with Crippen molar-refractivity contribution in [3.05, 3.63) is 46.3 Å². The Hall–Kier alpha value is -1.78. The number of rotatable bonds is 2. The van der Waals surface area contributed by atoms with Crippen molar-refractivity contribution in [3.63, 3.8) is 0 Å². The molecule has 2 heterocycles. The van der Waals surface area contributed by atoms with Crippen molar-refractivity contribution >= 4 is 34.2 Å². The molecule has 1 aromatic carbocycles. The van der Waals surface area contributed by atoms with E-state index in [1.54, 1.807) is 24.4 Å². The number of aromatic nitrogens is 3. The van der Waals surface area contributed by atoms with Gasteiger partial charge in [-0.25, -0.2) is 4.98 Å². The number of H-pyrrole nitrogens is 1. The van der Waals surface area contributed by atoms with Crippen molar-refractivity contribution in [3.8, 4) is 11.6 Å². The van der Waals surface area contributed by atoms with Crippen LogP contribution in [0.1, 0.15) is 5.82 Å². The van der Waals surface area contributed by atoms with Gasteiger partial charge in [-0.3, -0.25) is 0 Å². The van der Waals surface area contributed by atoms with Crippen LogP contribution in [-0.4, -0.2) is 15.0 Å². The summed E-state index contributed by atoms with van der Waals surface area (Å²) in [6.45, 7) is 1.81. The molecule has 0 amide bonds. The highest BCUT2D eigenvalue weighted by molar-refractivity contribution is 6.42. The first-order valence-electron chi connectivity index (χ1n) is 5.58. The summed E-state index contributed by atoms with van der Waals surface area (Å²) in [4.78, 5) is 11.6. The molecule has 2 aromatic heterocycles. The third kappa shape index (κ3) is 2.37. The smallest absolute Gasteiger partial charge is 0.232 e. The Morgan fingerprint density at radius 2 is 1.95 bits per heavy atom. The van der Waals surface area contributed by atoms with Crippen molar-refractivity contribution in [1.29, 1.82) is 0 Å². The Balaban J connectivity index is 2.04. The van der Waals surface area contributed by atoms with E-state index < -0.39 is 0 Å². The van der Waals surface area contributed by atoms with Crippen molar-refractivity contribution in [1.82, 2.24) is 15.0 Å². The first-order valence-corrected chi connectivity index (χ1v) is 6.34.